The van der Waals surface area contributed by atoms with E-state index >= 15 is 0 Å². The van der Waals surface area contributed by atoms with E-state index in [9.17, 15) is 24.6 Å². The Bertz CT molecular complexity index is 1390. The number of aliphatic hydroxyl groups is 1. The summed E-state index contributed by atoms with van der Waals surface area (Å²) in [4.78, 5) is 43.3. The van der Waals surface area contributed by atoms with Crippen LogP contribution in [-0.2, 0) is 16.6 Å². The number of fused-ring (bicyclic) bond motifs is 1. The van der Waals surface area contributed by atoms with Crippen LogP contribution < -0.4 is 4.74 Å². The topological polar surface area (TPSA) is 107 Å². The van der Waals surface area contributed by atoms with Crippen molar-refractivity contribution in [2.24, 2.45) is 0 Å². The van der Waals surface area contributed by atoms with Gasteiger partial charge in [0.1, 0.15) is 5.78 Å². The first-order valence-corrected chi connectivity index (χ1v) is 14.2. The molecule has 0 spiro atoms. The minimum Gasteiger partial charge on any atom is -0.504 e. The van der Waals surface area contributed by atoms with E-state index in [-0.39, 0.29) is 35.5 Å². The van der Waals surface area contributed by atoms with Crippen LogP contribution in [0.2, 0.25) is 5.02 Å². The van der Waals surface area contributed by atoms with Gasteiger partial charge in [0.15, 0.2) is 17.3 Å². The van der Waals surface area contributed by atoms with Crippen molar-refractivity contribution in [2.75, 3.05) is 13.6 Å². The van der Waals surface area contributed by atoms with E-state index in [1.54, 1.807) is 58.0 Å². The molecule has 1 saturated heterocycles. The lowest BCUT2D eigenvalue weighted by Gasteiger charge is -2.62. The molecule has 1 heterocycles. The number of amides is 1. The molecule has 2 aromatic rings. The quantitative estimate of drug-likeness (QED) is 0.505. The first-order valence-electron chi connectivity index (χ1n) is 13.8. The zero-order valence-corrected chi connectivity index (χ0v) is 24.4. The maximum atomic E-state index is 13.7. The summed E-state index contributed by atoms with van der Waals surface area (Å²) in [7, 11) is 1.98. The number of benzene rings is 2. The lowest BCUT2D eigenvalue weighted by atomic mass is 9.49. The van der Waals surface area contributed by atoms with Crippen LogP contribution in [0, 0.1) is 0 Å². The minimum absolute atomic E-state index is 0.0508. The number of phenols is 1. The highest BCUT2D eigenvalue weighted by atomic mass is 35.5. The Hall–Kier alpha value is -2.94. The average Bonchev–Trinajstić information content (AvgIpc) is 2.87. The molecule has 214 valence electrons. The van der Waals surface area contributed by atoms with Crippen LogP contribution in [0.1, 0.15) is 74.9 Å². The number of aromatic hydroxyl groups is 1. The van der Waals surface area contributed by atoms with E-state index in [1.807, 2.05) is 13.1 Å². The normalized spacial score (nSPS) is 26.9. The summed E-state index contributed by atoms with van der Waals surface area (Å²) in [6.07, 6.45) is 0.969. The van der Waals surface area contributed by atoms with Crippen LogP contribution in [0.5, 0.6) is 11.5 Å². The van der Waals surface area contributed by atoms with Crippen LogP contribution in [0.25, 0.3) is 0 Å². The van der Waals surface area contributed by atoms with Gasteiger partial charge in [0.05, 0.1) is 11.6 Å². The summed E-state index contributed by atoms with van der Waals surface area (Å²) in [6.45, 7) is 7.70. The molecule has 2 fully saturated rings. The molecule has 4 atom stereocenters. The average molecular weight is 569 g/mol. The Labute approximate surface area is 239 Å². The summed E-state index contributed by atoms with van der Waals surface area (Å²) < 4.78 is 5.81. The van der Waals surface area contributed by atoms with Crippen molar-refractivity contribution in [3.05, 3.63) is 58.1 Å². The molecule has 40 heavy (non-hydrogen) atoms. The van der Waals surface area contributed by atoms with Gasteiger partial charge >= 0.3 is 6.09 Å². The summed E-state index contributed by atoms with van der Waals surface area (Å²) in [5, 5.41) is 24.1. The monoisotopic (exact) mass is 568 g/mol. The highest BCUT2D eigenvalue weighted by molar-refractivity contribution is 6.31. The fourth-order valence-corrected chi connectivity index (χ4v) is 7.54. The number of carbonyl (C=O) groups is 3. The Kier molecular flexibility index (Phi) is 7.04. The van der Waals surface area contributed by atoms with Crippen molar-refractivity contribution in [3.8, 4) is 11.5 Å². The molecule has 0 radical (unpaired) electrons. The Morgan fingerprint density at radius 3 is 2.60 bits per heavy atom. The second kappa shape index (κ2) is 9.86. The number of carbonyl (C=O) groups excluding carboxylic acids is 3. The number of nitrogens with zero attached hydrogens (tertiary/aromatic N) is 2. The summed E-state index contributed by atoms with van der Waals surface area (Å²) in [5.41, 5.74) is -1.23. The predicted molar refractivity (Wildman–Crippen MR) is 151 cm³/mol. The van der Waals surface area contributed by atoms with E-state index in [1.165, 1.54) is 4.90 Å². The summed E-state index contributed by atoms with van der Waals surface area (Å²) in [6, 6.07) is 8.85. The van der Waals surface area contributed by atoms with E-state index in [2.05, 4.69) is 4.90 Å². The maximum Gasteiger partial charge on any atom is 0.416 e. The molecule has 3 aliphatic rings. The predicted octanol–water partition coefficient (Wildman–Crippen LogP) is 4.90. The van der Waals surface area contributed by atoms with Crippen molar-refractivity contribution in [2.45, 2.75) is 88.4 Å². The van der Waals surface area contributed by atoms with Gasteiger partial charge in [-0.1, -0.05) is 29.8 Å². The number of hydrogen-bond acceptors (Lipinski definition) is 7. The maximum absolute atomic E-state index is 13.7. The van der Waals surface area contributed by atoms with Gasteiger partial charge in [0, 0.05) is 46.0 Å². The molecule has 2 aromatic carbocycles. The molecular weight excluding hydrogens is 532 g/mol. The number of hydrogen-bond donors (Lipinski definition) is 2. The molecule has 2 aliphatic carbocycles. The van der Waals surface area contributed by atoms with Crippen molar-refractivity contribution >= 4 is 29.3 Å². The number of ketones is 2. The smallest absolute Gasteiger partial charge is 0.416 e. The van der Waals surface area contributed by atoms with Gasteiger partial charge in [-0.3, -0.25) is 14.5 Å². The van der Waals surface area contributed by atoms with Crippen LogP contribution >= 0.6 is 11.6 Å². The number of piperidine rings is 1. The number of likely N-dealkylation sites (N-methyl/N-ethyl adjacent to an activating group) is 1. The second-order valence-corrected chi connectivity index (χ2v) is 13.0. The van der Waals surface area contributed by atoms with Crippen molar-refractivity contribution in [1.29, 1.82) is 0 Å². The van der Waals surface area contributed by atoms with E-state index in [0.29, 0.717) is 48.4 Å². The van der Waals surface area contributed by atoms with E-state index in [4.69, 9.17) is 16.3 Å². The van der Waals surface area contributed by atoms with Gasteiger partial charge in [-0.15, -0.1) is 0 Å². The molecule has 0 aromatic heterocycles. The van der Waals surface area contributed by atoms with Gasteiger partial charge in [-0.05, 0) is 84.3 Å². The fourth-order valence-electron chi connectivity index (χ4n) is 7.34. The lowest BCUT2D eigenvalue weighted by molar-refractivity contribution is -0.169. The molecular formula is C31H37ClN2O6. The fraction of sp³-hybridized carbons (Fsp3) is 0.516. The summed E-state index contributed by atoms with van der Waals surface area (Å²) >= 11 is 6.09. The van der Waals surface area contributed by atoms with Gasteiger partial charge in [-0.25, -0.2) is 4.79 Å². The SMILES string of the molecule is CC(C(=O)c1cccc(Cl)c1)N(C(=O)Oc1ccc2c(c1O)[C@]13CCN(C)[C@H](C2)[C@]1(O)CCC(=O)C3)C(C)(C)C. The van der Waals surface area contributed by atoms with Crippen LogP contribution in [0.4, 0.5) is 4.79 Å². The number of phenolic OH excluding ortho intramolecular Hbond substituents is 1. The number of rotatable bonds is 4. The number of likely N-dealkylation sites (tertiary alicyclic amines) is 1. The highest BCUT2D eigenvalue weighted by Crippen LogP contribution is 2.60. The molecule has 1 unspecified atom stereocenters. The second-order valence-electron chi connectivity index (χ2n) is 12.6. The first-order chi connectivity index (χ1) is 18.7. The van der Waals surface area contributed by atoms with Crippen molar-refractivity contribution in [3.63, 3.8) is 0 Å². The van der Waals surface area contributed by atoms with Crippen molar-refractivity contribution < 1.29 is 29.3 Å². The molecule has 5 rings (SSSR count). The first kappa shape index (κ1) is 28.6. The van der Waals surface area contributed by atoms with Crippen LogP contribution in [-0.4, -0.2) is 74.5 Å². The molecule has 2 bridgehead atoms. The van der Waals surface area contributed by atoms with Gasteiger partial charge in [0.25, 0.3) is 0 Å². The Morgan fingerprint density at radius 2 is 1.93 bits per heavy atom. The van der Waals surface area contributed by atoms with E-state index in [0.717, 1.165) is 5.56 Å². The Balaban J connectivity index is 1.51. The number of Topliss-reactive ketones (excluding diaryl/α,β-unsaturated/α-hetero) is 2. The molecule has 2 N–H and O–H groups in total. The lowest BCUT2D eigenvalue weighted by Crippen LogP contribution is -2.72. The minimum atomic E-state index is -1.18. The van der Waals surface area contributed by atoms with Gasteiger partial charge in [0.2, 0.25) is 0 Å². The third kappa shape index (κ3) is 4.41. The van der Waals surface area contributed by atoms with Crippen LogP contribution in [0.15, 0.2) is 36.4 Å². The van der Waals surface area contributed by atoms with Crippen molar-refractivity contribution in [1.82, 2.24) is 9.80 Å². The zero-order chi connectivity index (χ0) is 29.2. The van der Waals surface area contributed by atoms with Crippen LogP contribution in [0.3, 0.4) is 0 Å². The third-order valence-electron chi connectivity index (χ3n) is 9.20. The third-order valence-corrected chi connectivity index (χ3v) is 9.43. The standard InChI is InChI=1S/C31H37ClN2O6/c1-18(26(36)20-7-6-8-21(32)15-20)34(29(2,3)4)28(38)40-23-10-9-19-16-24-31(39)12-11-22(35)17-30(31,13-14-33(24)5)25(19)27(23)37/h6-10,15,18,24,37,39H,11-14,16-17H2,1-5H3/t18?,24-,30-,31-/m1/s1. The molecule has 1 saturated carbocycles. The largest absolute Gasteiger partial charge is 0.504 e. The van der Waals surface area contributed by atoms with Gasteiger partial charge < -0.3 is 19.8 Å². The zero-order valence-electron chi connectivity index (χ0n) is 23.7. The molecule has 1 amide bonds. The highest BCUT2D eigenvalue weighted by Gasteiger charge is 2.65. The molecule has 8 nitrogen and oxygen atoms in total. The number of ether oxygens (including phenoxy) is 1. The Morgan fingerprint density at radius 1 is 1.20 bits per heavy atom. The molecule has 9 heteroatoms. The summed E-state index contributed by atoms with van der Waals surface area (Å²) in [5.74, 6) is -0.543. The van der Waals surface area contributed by atoms with E-state index < -0.39 is 28.7 Å². The molecule has 1 aliphatic heterocycles. The van der Waals surface area contributed by atoms with Gasteiger partial charge in [-0.2, -0.15) is 0 Å². The number of halogens is 1.